The molecule has 1 aromatic carbocycles. The number of hydrogen-bond acceptors (Lipinski definition) is 5. The summed E-state index contributed by atoms with van der Waals surface area (Å²) >= 11 is 0. The van der Waals surface area contributed by atoms with Crippen molar-refractivity contribution >= 4 is 11.9 Å². The summed E-state index contributed by atoms with van der Waals surface area (Å²) in [6, 6.07) is 10.3. The molecule has 2 aromatic rings. The molecule has 1 N–H and O–H groups in total. The fourth-order valence-electron chi connectivity index (χ4n) is 5.31. The molecular formula is C31H48N2O5. The Hall–Kier alpha value is -2.80. The van der Waals surface area contributed by atoms with Crippen molar-refractivity contribution in [2.75, 3.05) is 26.8 Å². The first kappa shape index (κ1) is 31.4. The van der Waals surface area contributed by atoms with Gasteiger partial charge in [0, 0.05) is 31.1 Å². The maximum Gasteiger partial charge on any atom is 0.325 e. The Morgan fingerprint density at radius 3 is 2.16 bits per heavy atom. The van der Waals surface area contributed by atoms with Crippen molar-refractivity contribution in [2.45, 2.75) is 98.1 Å². The van der Waals surface area contributed by atoms with Crippen LogP contribution in [-0.4, -0.2) is 58.9 Å². The van der Waals surface area contributed by atoms with E-state index in [2.05, 4.69) is 43.5 Å². The molecule has 7 nitrogen and oxygen atoms in total. The molecule has 2 rings (SSSR count). The van der Waals surface area contributed by atoms with Gasteiger partial charge < -0.3 is 24.0 Å². The van der Waals surface area contributed by atoms with Gasteiger partial charge in [0.05, 0.1) is 18.8 Å². The molecule has 0 saturated heterocycles. The summed E-state index contributed by atoms with van der Waals surface area (Å²) in [4.78, 5) is 26.7. The van der Waals surface area contributed by atoms with Crippen LogP contribution in [0.15, 0.2) is 30.3 Å². The van der Waals surface area contributed by atoms with Crippen molar-refractivity contribution in [3.8, 4) is 5.75 Å². The van der Waals surface area contributed by atoms with Crippen LogP contribution in [0.1, 0.15) is 101 Å². The van der Waals surface area contributed by atoms with Gasteiger partial charge in [-0.3, -0.25) is 9.59 Å². The Kier molecular flexibility index (Phi) is 11.4. The average Bonchev–Trinajstić information content (AvgIpc) is 3.34. The molecule has 0 aliphatic rings. The minimum atomic E-state index is -0.682. The third kappa shape index (κ3) is 6.79. The molecule has 0 bridgehead atoms. The first-order valence-electron chi connectivity index (χ1n) is 14.1. The van der Waals surface area contributed by atoms with Gasteiger partial charge in [-0.15, -0.1) is 0 Å². The maximum absolute atomic E-state index is 13.3. The smallest absolute Gasteiger partial charge is 0.325 e. The Morgan fingerprint density at radius 2 is 1.63 bits per heavy atom. The molecule has 0 saturated carbocycles. The van der Waals surface area contributed by atoms with Crippen molar-refractivity contribution < 1.29 is 24.2 Å². The molecule has 212 valence electrons. The summed E-state index contributed by atoms with van der Waals surface area (Å²) in [6.07, 6.45) is 3.74. The first-order chi connectivity index (χ1) is 18.1. The van der Waals surface area contributed by atoms with Crippen LogP contribution in [0.4, 0.5) is 0 Å². The number of rotatable bonds is 15. The zero-order chi connectivity index (χ0) is 28.5. The van der Waals surface area contributed by atoms with E-state index in [9.17, 15) is 14.7 Å². The van der Waals surface area contributed by atoms with E-state index in [0.29, 0.717) is 38.1 Å². The molecule has 0 unspecified atom stereocenters. The lowest BCUT2D eigenvalue weighted by Crippen LogP contribution is -2.35. The minimum Gasteiger partial charge on any atom is -0.493 e. The lowest BCUT2D eigenvalue weighted by atomic mass is 9.72. The number of carbonyl (C=O) groups excluding carboxylic acids is 2. The summed E-state index contributed by atoms with van der Waals surface area (Å²) in [6.45, 7) is 15.5. The van der Waals surface area contributed by atoms with E-state index in [4.69, 9.17) is 9.47 Å². The minimum absolute atomic E-state index is 0.0851. The van der Waals surface area contributed by atoms with Crippen LogP contribution < -0.4 is 4.74 Å². The molecule has 0 aliphatic heterocycles. The number of nitrogens with zero attached hydrogens (tertiary/aromatic N) is 2. The van der Waals surface area contributed by atoms with Gasteiger partial charge in [-0.25, -0.2) is 0 Å². The van der Waals surface area contributed by atoms with E-state index in [0.717, 1.165) is 29.8 Å². The predicted molar refractivity (Wildman–Crippen MR) is 152 cm³/mol. The Labute approximate surface area is 229 Å². The first-order valence-corrected chi connectivity index (χ1v) is 14.1. The number of ether oxygens (including phenoxy) is 2. The zero-order valence-corrected chi connectivity index (χ0v) is 24.7. The van der Waals surface area contributed by atoms with Gasteiger partial charge in [-0.05, 0) is 75.8 Å². The van der Waals surface area contributed by atoms with Gasteiger partial charge in [0.25, 0.3) is 5.91 Å². The summed E-state index contributed by atoms with van der Waals surface area (Å²) in [7, 11) is 1.63. The highest BCUT2D eigenvalue weighted by molar-refractivity contribution is 5.94. The largest absolute Gasteiger partial charge is 0.493 e. The molecule has 0 fully saturated rings. The Morgan fingerprint density at radius 1 is 0.974 bits per heavy atom. The second kappa shape index (κ2) is 13.8. The van der Waals surface area contributed by atoms with E-state index < -0.39 is 11.6 Å². The third-order valence-corrected chi connectivity index (χ3v) is 8.10. The van der Waals surface area contributed by atoms with Gasteiger partial charge >= 0.3 is 5.97 Å². The molecule has 0 spiro atoms. The molecular weight excluding hydrogens is 480 g/mol. The second-order valence-corrected chi connectivity index (χ2v) is 10.1. The van der Waals surface area contributed by atoms with Crippen molar-refractivity contribution in [2.24, 2.45) is 0 Å². The van der Waals surface area contributed by atoms with Crippen molar-refractivity contribution in [1.29, 1.82) is 0 Å². The third-order valence-electron chi connectivity index (χ3n) is 8.10. The molecule has 0 aliphatic carbocycles. The number of amides is 1. The van der Waals surface area contributed by atoms with E-state index in [1.807, 2.05) is 32.9 Å². The Balaban J connectivity index is 2.38. The van der Waals surface area contributed by atoms with Gasteiger partial charge in [0.15, 0.2) is 0 Å². The molecule has 1 amide bonds. The van der Waals surface area contributed by atoms with Crippen LogP contribution in [0.3, 0.4) is 0 Å². The number of aromatic nitrogens is 1. The standard InChI is InChI=1S/C31H48N2O5/c1-9-30(36,10-2)19-20-38-26-17-15-24(21-23(26)7)31(11-3,12-4)27-18-16-25(33(27)13-5)29(35)32(8)22-28(34)37-14-6/h15-18,21,36H,9-14,19-20,22H2,1-8H3. The summed E-state index contributed by atoms with van der Waals surface area (Å²) in [5.74, 6) is 0.208. The molecule has 38 heavy (non-hydrogen) atoms. The lowest BCUT2D eigenvalue weighted by molar-refractivity contribution is -0.143. The van der Waals surface area contributed by atoms with E-state index in [1.165, 1.54) is 10.5 Å². The molecule has 7 heteroatoms. The van der Waals surface area contributed by atoms with Crippen LogP contribution in [0.5, 0.6) is 5.75 Å². The van der Waals surface area contributed by atoms with Gasteiger partial charge in [-0.2, -0.15) is 0 Å². The van der Waals surface area contributed by atoms with Crippen LogP contribution in [0.25, 0.3) is 0 Å². The van der Waals surface area contributed by atoms with Crippen LogP contribution in [0.2, 0.25) is 0 Å². The fraction of sp³-hybridized carbons (Fsp3) is 0.613. The molecule has 0 atom stereocenters. The van der Waals surface area contributed by atoms with Crippen molar-refractivity contribution in [3.05, 3.63) is 52.8 Å². The van der Waals surface area contributed by atoms with Gasteiger partial charge in [0.1, 0.15) is 18.0 Å². The lowest BCUT2D eigenvalue weighted by Gasteiger charge is -2.35. The number of carbonyl (C=O) groups is 2. The van der Waals surface area contributed by atoms with E-state index in [1.54, 1.807) is 14.0 Å². The van der Waals surface area contributed by atoms with E-state index >= 15 is 0 Å². The topological polar surface area (TPSA) is 81.0 Å². The summed E-state index contributed by atoms with van der Waals surface area (Å²) < 4.78 is 13.2. The summed E-state index contributed by atoms with van der Waals surface area (Å²) in [5.41, 5.74) is 2.90. The zero-order valence-electron chi connectivity index (χ0n) is 24.7. The van der Waals surface area contributed by atoms with Crippen molar-refractivity contribution in [1.82, 2.24) is 9.47 Å². The average molecular weight is 529 g/mol. The van der Waals surface area contributed by atoms with Gasteiger partial charge in [-0.1, -0.05) is 39.8 Å². The Bertz CT molecular complexity index is 1070. The number of esters is 1. The predicted octanol–water partition coefficient (Wildman–Crippen LogP) is 5.88. The van der Waals surface area contributed by atoms with Crippen molar-refractivity contribution in [3.63, 3.8) is 0 Å². The molecule has 1 heterocycles. The quantitative estimate of drug-likeness (QED) is 0.292. The highest BCUT2D eigenvalue weighted by Crippen LogP contribution is 2.41. The number of hydrogen-bond donors (Lipinski definition) is 1. The second-order valence-electron chi connectivity index (χ2n) is 10.1. The normalized spacial score (nSPS) is 11.9. The highest BCUT2D eigenvalue weighted by Gasteiger charge is 2.35. The van der Waals surface area contributed by atoms with Crippen LogP contribution in [0, 0.1) is 6.92 Å². The molecule has 0 radical (unpaired) electrons. The maximum atomic E-state index is 13.3. The molecule has 1 aromatic heterocycles. The fourth-order valence-corrected chi connectivity index (χ4v) is 5.31. The van der Waals surface area contributed by atoms with E-state index in [-0.39, 0.29) is 24.5 Å². The van der Waals surface area contributed by atoms with Crippen LogP contribution in [-0.2, 0) is 21.5 Å². The van der Waals surface area contributed by atoms with Crippen LogP contribution >= 0.6 is 0 Å². The van der Waals surface area contributed by atoms with Gasteiger partial charge in [0.2, 0.25) is 0 Å². The monoisotopic (exact) mass is 528 g/mol. The number of likely N-dealkylation sites (N-methyl/N-ethyl adjacent to an activating group) is 1. The highest BCUT2D eigenvalue weighted by atomic mass is 16.5. The number of benzene rings is 1. The number of aryl methyl sites for hydroxylation is 1. The summed E-state index contributed by atoms with van der Waals surface area (Å²) in [5, 5.41) is 10.6. The number of aliphatic hydroxyl groups is 1. The SMILES string of the molecule is CCOC(=O)CN(C)C(=O)c1ccc(C(CC)(CC)c2ccc(OCCC(O)(CC)CC)c(C)c2)n1CC.